The molecule has 5 nitrogen and oxygen atoms in total. The van der Waals surface area contributed by atoms with Gasteiger partial charge in [-0.3, -0.25) is 0 Å². The zero-order chi connectivity index (χ0) is 28.8. The van der Waals surface area contributed by atoms with Crippen LogP contribution < -0.4 is 4.74 Å². The van der Waals surface area contributed by atoms with Crippen molar-refractivity contribution < 1.29 is 30.9 Å². The standard InChI is InChI=1S/C37H30N3O2.Pt/c1-4-24-20-35(39-37-33(41)18-17-28(23(2)3)36(24)37)42-27-15-16-30-29-12-8-9-13-31(29)40(32(30)21-27)34-19-14-26(22-38-34)25-10-6-5-7-11-25;/h5-20,22-23,41H,4H2,1-3H3;/q-1;. The molecule has 216 valence electrons. The van der Waals surface area contributed by atoms with Gasteiger partial charge in [-0.2, -0.15) is 6.07 Å². The molecule has 3 heterocycles. The van der Waals surface area contributed by atoms with Crippen molar-refractivity contribution in [1.29, 1.82) is 0 Å². The summed E-state index contributed by atoms with van der Waals surface area (Å²) in [6, 6.07) is 35.9. The monoisotopic (exact) mass is 743 g/mol. The summed E-state index contributed by atoms with van der Waals surface area (Å²) in [7, 11) is 0. The van der Waals surface area contributed by atoms with E-state index in [2.05, 4.69) is 67.8 Å². The van der Waals surface area contributed by atoms with Crippen LogP contribution in [0.1, 0.15) is 37.8 Å². The molecule has 0 aliphatic heterocycles. The van der Waals surface area contributed by atoms with E-state index >= 15 is 0 Å². The van der Waals surface area contributed by atoms with Crippen molar-refractivity contribution >= 4 is 32.7 Å². The van der Waals surface area contributed by atoms with E-state index in [1.54, 1.807) is 6.07 Å². The number of pyridine rings is 2. The Balaban J connectivity index is 0.00000329. The summed E-state index contributed by atoms with van der Waals surface area (Å²) < 4.78 is 8.47. The number of rotatable bonds is 6. The van der Waals surface area contributed by atoms with Gasteiger partial charge in [0.25, 0.3) is 0 Å². The van der Waals surface area contributed by atoms with Crippen molar-refractivity contribution in [2.75, 3.05) is 0 Å². The maximum Gasteiger partial charge on any atom is 0.217 e. The number of fused-ring (bicyclic) bond motifs is 4. The van der Waals surface area contributed by atoms with E-state index in [1.165, 1.54) is 5.56 Å². The fourth-order valence-corrected chi connectivity index (χ4v) is 5.83. The first-order valence-electron chi connectivity index (χ1n) is 14.3. The average molecular weight is 744 g/mol. The van der Waals surface area contributed by atoms with Crippen LogP contribution in [-0.2, 0) is 27.5 Å². The zero-order valence-electron chi connectivity index (χ0n) is 24.1. The number of para-hydroxylation sites is 1. The molecule has 4 aromatic carbocycles. The Morgan fingerprint density at radius 1 is 0.860 bits per heavy atom. The topological polar surface area (TPSA) is 60.2 Å². The molecule has 43 heavy (non-hydrogen) atoms. The number of phenols is 1. The number of nitrogens with zero attached hydrogens (tertiary/aromatic N) is 3. The van der Waals surface area contributed by atoms with Gasteiger partial charge < -0.3 is 14.4 Å². The van der Waals surface area contributed by atoms with Crippen LogP contribution in [0.5, 0.6) is 17.4 Å². The molecule has 0 radical (unpaired) electrons. The second-order valence-electron chi connectivity index (χ2n) is 10.8. The van der Waals surface area contributed by atoms with Gasteiger partial charge in [-0.1, -0.05) is 80.9 Å². The largest absolute Gasteiger partial charge is 0.506 e. The molecular formula is C37H30N3O2Pt-. The van der Waals surface area contributed by atoms with Crippen LogP contribution in [0.25, 0.3) is 49.7 Å². The summed E-state index contributed by atoms with van der Waals surface area (Å²) in [4.78, 5) is 9.61. The van der Waals surface area contributed by atoms with E-state index in [9.17, 15) is 5.11 Å². The summed E-state index contributed by atoms with van der Waals surface area (Å²) in [5, 5.41) is 13.9. The van der Waals surface area contributed by atoms with Gasteiger partial charge in [-0.05, 0) is 58.7 Å². The predicted octanol–water partition coefficient (Wildman–Crippen LogP) is 9.38. The third-order valence-corrected chi connectivity index (χ3v) is 7.89. The number of hydrogen-bond acceptors (Lipinski definition) is 4. The van der Waals surface area contributed by atoms with Crippen LogP contribution in [0.15, 0.2) is 103 Å². The normalized spacial score (nSPS) is 11.3. The van der Waals surface area contributed by atoms with Crippen molar-refractivity contribution in [3.63, 3.8) is 0 Å². The van der Waals surface area contributed by atoms with E-state index in [0.717, 1.165) is 56.1 Å². The number of aromatic nitrogens is 3. The van der Waals surface area contributed by atoms with Gasteiger partial charge in [0.1, 0.15) is 17.1 Å². The molecule has 0 saturated carbocycles. The molecule has 7 rings (SSSR count). The fraction of sp³-hybridized carbons (Fsp3) is 0.135. The second kappa shape index (κ2) is 11.7. The van der Waals surface area contributed by atoms with Crippen LogP contribution in [0.2, 0.25) is 0 Å². The molecule has 7 aromatic rings. The van der Waals surface area contributed by atoms with Gasteiger partial charge in [0.15, 0.2) is 0 Å². The second-order valence-corrected chi connectivity index (χ2v) is 10.8. The Hall–Kier alpha value is -4.47. The Morgan fingerprint density at radius 3 is 2.40 bits per heavy atom. The van der Waals surface area contributed by atoms with E-state index in [1.807, 2.05) is 60.8 Å². The maximum absolute atomic E-state index is 10.7. The molecule has 0 amide bonds. The van der Waals surface area contributed by atoms with E-state index in [0.29, 0.717) is 23.1 Å². The molecule has 1 N–H and O–H groups in total. The van der Waals surface area contributed by atoms with Crippen LogP contribution >= 0.6 is 0 Å². The maximum atomic E-state index is 10.7. The van der Waals surface area contributed by atoms with Crippen molar-refractivity contribution in [3.8, 4) is 34.3 Å². The molecule has 0 aliphatic carbocycles. The molecule has 0 saturated heterocycles. The van der Waals surface area contributed by atoms with Gasteiger partial charge in [0.2, 0.25) is 5.88 Å². The molecule has 0 fully saturated rings. The molecule has 0 unspecified atom stereocenters. The summed E-state index contributed by atoms with van der Waals surface area (Å²) in [5.74, 6) is 2.23. The van der Waals surface area contributed by atoms with Crippen molar-refractivity contribution in [2.45, 2.75) is 33.1 Å². The van der Waals surface area contributed by atoms with Crippen LogP contribution in [0.4, 0.5) is 0 Å². The first-order valence-corrected chi connectivity index (χ1v) is 14.3. The summed E-state index contributed by atoms with van der Waals surface area (Å²) in [6.45, 7) is 6.42. The SMILES string of the molecule is CCc1cc(Oc2[c-]c3c(cc2)c2ccccc2n3-c2ccc(-c3ccccc3)cn2)nc2c(O)ccc(C(C)C)c12.[Pt]. The fourth-order valence-electron chi connectivity index (χ4n) is 5.83. The van der Waals surface area contributed by atoms with Crippen molar-refractivity contribution in [3.05, 3.63) is 120 Å². The Labute approximate surface area is 265 Å². The predicted molar refractivity (Wildman–Crippen MR) is 170 cm³/mol. The Morgan fingerprint density at radius 2 is 1.65 bits per heavy atom. The van der Waals surface area contributed by atoms with Crippen molar-refractivity contribution in [2.24, 2.45) is 0 Å². The van der Waals surface area contributed by atoms with Gasteiger partial charge in [0, 0.05) is 55.5 Å². The van der Waals surface area contributed by atoms with E-state index in [4.69, 9.17) is 14.7 Å². The third-order valence-electron chi connectivity index (χ3n) is 7.89. The summed E-state index contributed by atoms with van der Waals surface area (Å²) in [6.07, 6.45) is 2.70. The quantitative estimate of drug-likeness (QED) is 0.173. The summed E-state index contributed by atoms with van der Waals surface area (Å²) >= 11 is 0. The summed E-state index contributed by atoms with van der Waals surface area (Å²) in [5.41, 5.74) is 6.93. The number of aryl methyl sites for hydroxylation is 1. The Bertz CT molecular complexity index is 2080. The number of phenolic OH excluding ortho intramolecular Hbond substituents is 1. The average Bonchev–Trinajstić information content (AvgIpc) is 3.35. The molecule has 0 spiro atoms. The van der Waals surface area contributed by atoms with Crippen molar-refractivity contribution in [1.82, 2.24) is 14.5 Å². The molecular weight excluding hydrogens is 714 g/mol. The van der Waals surface area contributed by atoms with Gasteiger partial charge in [-0.25, -0.2) is 9.97 Å². The molecule has 0 aliphatic rings. The van der Waals surface area contributed by atoms with Gasteiger partial charge in [0.05, 0.1) is 0 Å². The zero-order valence-corrected chi connectivity index (χ0v) is 26.4. The Kier molecular flexibility index (Phi) is 7.77. The number of aromatic hydroxyl groups is 1. The van der Waals surface area contributed by atoms with Crippen LogP contribution in [0.3, 0.4) is 0 Å². The minimum absolute atomic E-state index is 0. The minimum Gasteiger partial charge on any atom is -0.506 e. The number of ether oxygens (including phenoxy) is 1. The molecule has 0 atom stereocenters. The molecule has 6 heteroatoms. The smallest absolute Gasteiger partial charge is 0.217 e. The molecule has 0 bridgehead atoms. The van der Waals surface area contributed by atoms with E-state index in [-0.39, 0.29) is 26.8 Å². The first-order chi connectivity index (χ1) is 20.5. The van der Waals surface area contributed by atoms with Crippen LogP contribution in [0, 0.1) is 6.07 Å². The first kappa shape index (κ1) is 28.6. The molecule has 3 aromatic heterocycles. The number of benzene rings is 4. The minimum atomic E-state index is 0. The third kappa shape index (κ3) is 5.08. The van der Waals surface area contributed by atoms with E-state index < -0.39 is 0 Å². The number of hydrogen-bond donors (Lipinski definition) is 1. The van der Waals surface area contributed by atoms with Gasteiger partial charge >= 0.3 is 0 Å². The van der Waals surface area contributed by atoms with Gasteiger partial charge in [-0.15, -0.1) is 17.5 Å². The van der Waals surface area contributed by atoms with Crippen LogP contribution in [-0.4, -0.2) is 19.6 Å².